The Morgan fingerprint density at radius 2 is 2.18 bits per heavy atom. The average molecular weight is 172 g/mol. The van der Waals surface area contributed by atoms with Crippen molar-refractivity contribution in [2.75, 3.05) is 24.6 Å². The topological polar surface area (TPSA) is 20.3 Å². The molecule has 1 heterocycles. The molecule has 0 saturated carbocycles. The van der Waals surface area contributed by atoms with E-state index < -0.39 is 0 Å². The number of rotatable bonds is 2. The van der Waals surface area contributed by atoms with Gasteiger partial charge in [-0.2, -0.15) is 11.8 Å². The molecule has 1 aliphatic heterocycles. The molecule has 0 aliphatic carbocycles. The average Bonchev–Trinajstić information content (AvgIpc) is 2.07. The summed E-state index contributed by atoms with van der Waals surface area (Å²) in [5.41, 5.74) is 0. The van der Waals surface area contributed by atoms with Crippen LogP contribution < -0.4 is 0 Å². The zero-order chi connectivity index (χ0) is 8.10. The molecule has 1 aliphatic rings. The van der Waals surface area contributed by atoms with E-state index in [9.17, 15) is 4.79 Å². The fourth-order valence-corrected chi connectivity index (χ4v) is 1.99. The molecule has 0 bridgehead atoms. The van der Waals surface area contributed by atoms with Gasteiger partial charge in [0.15, 0.2) is 0 Å². The summed E-state index contributed by atoms with van der Waals surface area (Å²) < 4.78 is 0. The molecule has 1 rings (SSSR count). The Morgan fingerprint density at radius 1 is 1.55 bits per heavy atom. The lowest BCUT2D eigenvalue weighted by molar-refractivity contribution is -0.127. The summed E-state index contributed by atoms with van der Waals surface area (Å²) in [4.78, 5) is 13.2. The maximum absolute atomic E-state index is 11.3. The Hall–Kier alpha value is -0.180. The van der Waals surface area contributed by atoms with E-state index in [1.807, 2.05) is 23.6 Å². The summed E-state index contributed by atoms with van der Waals surface area (Å²) in [7, 11) is 0. The van der Waals surface area contributed by atoms with Crippen LogP contribution in [0, 0.1) is 6.42 Å². The van der Waals surface area contributed by atoms with Gasteiger partial charge in [0.2, 0.25) is 5.91 Å². The Labute approximate surface area is 72.3 Å². The second-order valence-electron chi connectivity index (χ2n) is 2.55. The summed E-state index contributed by atoms with van der Waals surface area (Å²) in [5, 5.41) is 0. The van der Waals surface area contributed by atoms with E-state index in [-0.39, 0.29) is 5.91 Å². The first-order valence-electron chi connectivity index (χ1n) is 4.04. The fraction of sp³-hybridized carbons (Fsp3) is 0.750. The fourth-order valence-electron chi connectivity index (χ4n) is 1.09. The summed E-state index contributed by atoms with van der Waals surface area (Å²) in [6, 6.07) is 0. The third-order valence-corrected chi connectivity index (χ3v) is 2.64. The molecule has 0 atom stereocenters. The quantitative estimate of drug-likeness (QED) is 0.623. The zero-order valence-electron chi connectivity index (χ0n) is 6.88. The Balaban J connectivity index is 2.27. The molecular formula is C8H14NOS. The highest BCUT2D eigenvalue weighted by molar-refractivity contribution is 7.99. The molecule has 63 valence electrons. The van der Waals surface area contributed by atoms with E-state index in [1.165, 1.54) is 0 Å². The predicted octanol–water partition coefficient (Wildman–Crippen LogP) is 1.18. The van der Waals surface area contributed by atoms with Gasteiger partial charge in [0.1, 0.15) is 0 Å². The molecule has 1 fully saturated rings. The maximum Gasteiger partial charge on any atom is 0.226 e. The van der Waals surface area contributed by atoms with E-state index in [0.717, 1.165) is 31.0 Å². The zero-order valence-corrected chi connectivity index (χ0v) is 7.69. The highest BCUT2D eigenvalue weighted by Gasteiger charge is 2.15. The molecule has 0 aromatic carbocycles. The van der Waals surface area contributed by atoms with Gasteiger partial charge < -0.3 is 4.90 Å². The van der Waals surface area contributed by atoms with Gasteiger partial charge in [0.05, 0.1) is 0 Å². The smallest absolute Gasteiger partial charge is 0.226 e. The lowest BCUT2D eigenvalue weighted by Crippen LogP contribution is -2.37. The van der Waals surface area contributed by atoms with Crippen LogP contribution in [0.3, 0.4) is 0 Å². The molecule has 1 saturated heterocycles. The Bertz CT molecular complexity index is 132. The molecule has 3 heteroatoms. The molecule has 0 aromatic heterocycles. The number of carbonyl (C=O) groups excluding carboxylic acids is 1. The van der Waals surface area contributed by atoms with E-state index in [4.69, 9.17) is 0 Å². The second kappa shape index (κ2) is 4.65. The number of amides is 1. The van der Waals surface area contributed by atoms with Crippen molar-refractivity contribution in [1.29, 1.82) is 0 Å². The number of hydrogen-bond donors (Lipinski definition) is 0. The van der Waals surface area contributed by atoms with Crippen molar-refractivity contribution in [1.82, 2.24) is 4.90 Å². The molecule has 2 nitrogen and oxygen atoms in total. The van der Waals surface area contributed by atoms with Gasteiger partial charge in [-0.25, -0.2) is 0 Å². The molecule has 0 aromatic rings. The van der Waals surface area contributed by atoms with E-state index in [0.29, 0.717) is 0 Å². The van der Waals surface area contributed by atoms with Crippen LogP contribution >= 0.6 is 11.8 Å². The van der Waals surface area contributed by atoms with Gasteiger partial charge in [0, 0.05) is 31.0 Å². The van der Waals surface area contributed by atoms with Crippen molar-refractivity contribution >= 4 is 17.7 Å². The molecule has 1 amide bonds. The monoisotopic (exact) mass is 172 g/mol. The van der Waals surface area contributed by atoms with Crippen LogP contribution in [0.1, 0.15) is 13.3 Å². The van der Waals surface area contributed by atoms with Crippen molar-refractivity contribution in [3.8, 4) is 0 Å². The third-order valence-electron chi connectivity index (χ3n) is 1.70. The number of thioether (sulfide) groups is 1. The predicted molar refractivity (Wildman–Crippen MR) is 48.5 cm³/mol. The Morgan fingerprint density at radius 3 is 2.73 bits per heavy atom. The first kappa shape index (κ1) is 8.91. The van der Waals surface area contributed by atoms with Crippen LogP contribution in [0.4, 0.5) is 0 Å². The van der Waals surface area contributed by atoms with Crippen molar-refractivity contribution in [2.24, 2.45) is 0 Å². The summed E-state index contributed by atoms with van der Waals surface area (Å²) >= 11 is 1.93. The number of nitrogens with zero attached hydrogens (tertiary/aromatic N) is 1. The highest BCUT2D eigenvalue weighted by Crippen LogP contribution is 2.10. The van der Waals surface area contributed by atoms with Crippen LogP contribution in [-0.4, -0.2) is 35.4 Å². The van der Waals surface area contributed by atoms with Crippen molar-refractivity contribution in [3.05, 3.63) is 6.42 Å². The van der Waals surface area contributed by atoms with Crippen LogP contribution in [0.25, 0.3) is 0 Å². The minimum Gasteiger partial charge on any atom is -0.341 e. The van der Waals surface area contributed by atoms with Gasteiger partial charge in [0.25, 0.3) is 0 Å². The van der Waals surface area contributed by atoms with Gasteiger partial charge >= 0.3 is 0 Å². The van der Waals surface area contributed by atoms with Crippen LogP contribution in [0.15, 0.2) is 0 Å². The van der Waals surface area contributed by atoms with E-state index >= 15 is 0 Å². The molecule has 0 N–H and O–H groups in total. The van der Waals surface area contributed by atoms with Crippen LogP contribution in [-0.2, 0) is 4.79 Å². The van der Waals surface area contributed by atoms with Gasteiger partial charge in [-0.3, -0.25) is 4.79 Å². The first-order chi connectivity index (χ1) is 5.34. The minimum atomic E-state index is 0.216. The third kappa shape index (κ3) is 2.73. The summed E-state index contributed by atoms with van der Waals surface area (Å²) in [6.45, 7) is 3.86. The normalized spacial score (nSPS) is 18.5. The lowest BCUT2D eigenvalue weighted by Gasteiger charge is -2.26. The molecule has 1 radical (unpaired) electrons. The van der Waals surface area contributed by atoms with Crippen LogP contribution in [0.5, 0.6) is 0 Å². The molecule has 11 heavy (non-hydrogen) atoms. The first-order valence-corrected chi connectivity index (χ1v) is 5.20. The largest absolute Gasteiger partial charge is 0.341 e. The van der Waals surface area contributed by atoms with E-state index in [2.05, 4.69) is 0 Å². The van der Waals surface area contributed by atoms with Crippen LogP contribution in [0.2, 0.25) is 0 Å². The molecule has 0 unspecified atom stereocenters. The number of carbonyl (C=O) groups is 1. The highest BCUT2D eigenvalue weighted by atomic mass is 32.2. The standard InChI is InChI=1S/C8H14NOS/c1-2-3-8(10)9-4-6-11-7-5-9/h3H,2,4-7H2,1H3. The minimum absolute atomic E-state index is 0.216. The van der Waals surface area contributed by atoms with Gasteiger partial charge in [-0.1, -0.05) is 6.92 Å². The van der Waals surface area contributed by atoms with Crippen molar-refractivity contribution in [3.63, 3.8) is 0 Å². The molecular weight excluding hydrogens is 158 g/mol. The van der Waals surface area contributed by atoms with E-state index in [1.54, 1.807) is 6.42 Å². The summed E-state index contributed by atoms with van der Waals surface area (Å²) in [6.07, 6.45) is 2.61. The van der Waals surface area contributed by atoms with Gasteiger partial charge in [-0.15, -0.1) is 0 Å². The lowest BCUT2D eigenvalue weighted by atomic mass is 10.3. The van der Waals surface area contributed by atoms with Gasteiger partial charge in [-0.05, 0) is 6.42 Å². The van der Waals surface area contributed by atoms with Crippen molar-refractivity contribution < 1.29 is 4.79 Å². The maximum atomic E-state index is 11.3. The molecule has 0 spiro atoms. The SMILES string of the molecule is CC[CH]C(=O)N1CCSCC1. The second-order valence-corrected chi connectivity index (χ2v) is 3.77. The Kier molecular flexibility index (Phi) is 3.77. The summed E-state index contributed by atoms with van der Waals surface area (Å²) in [5.74, 6) is 2.42. The number of hydrogen-bond acceptors (Lipinski definition) is 2. The van der Waals surface area contributed by atoms with Crippen molar-refractivity contribution in [2.45, 2.75) is 13.3 Å².